The van der Waals surface area contributed by atoms with Gasteiger partial charge in [-0.25, -0.2) is 19.7 Å². The van der Waals surface area contributed by atoms with Crippen molar-refractivity contribution in [2.24, 2.45) is 0 Å². The molecule has 0 amide bonds. The van der Waals surface area contributed by atoms with Gasteiger partial charge in [-0.05, 0) is 26.0 Å². The van der Waals surface area contributed by atoms with Crippen LogP contribution >= 0.6 is 7.60 Å². The fraction of sp³-hybridized carbons (Fsp3) is 0.806. The highest BCUT2D eigenvalue weighted by Gasteiger charge is 2.28. The van der Waals surface area contributed by atoms with E-state index in [-0.39, 0.29) is 34.8 Å². The Bertz CT molecular complexity index is 1190. The summed E-state index contributed by atoms with van der Waals surface area (Å²) < 4.78 is 41.8. The smallest absolute Gasteiger partial charge is 0.435 e. The second-order valence-electron chi connectivity index (χ2n) is 11.4. The molecule has 0 radical (unpaired) electrons. The van der Waals surface area contributed by atoms with E-state index >= 15 is 0 Å². The van der Waals surface area contributed by atoms with Gasteiger partial charge >= 0.3 is 13.8 Å². The first-order valence-electron chi connectivity index (χ1n) is 16.8. The summed E-state index contributed by atoms with van der Waals surface area (Å²) in [6.07, 6.45) is 19.8. The standard InChI is InChI=1S/C31H56N5O7PS2/c1-4-6-7-8-9-10-11-12-13-14-15-16-17-18-20-46(45)21-19-42-44(38,43-25-40-31(37)39-5-2)26-41-27(3)22-36-24-35-28-29(32)33-23-34-30(28)36/h23-24,27H,4-22,25-26H2,1-3H3,(H2,32,33,34)/t27-,44?,46?/m1/s1. The van der Waals surface area contributed by atoms with Gasteiger partial charge in [-0.3, -0.25) is 9.09 Å². The van der Waals surface area contributed by atoms with E-state index in [4.69, 9.17) is 40.2 Å². The van der Waals surface area contributed by atoms with Crippen LogP contribution in [0.25, 0.3) is 11.2 Å². The van der Waals surface area contributed by atoms with Gasteiger partial charge in [0, 0.05) is 5.75 Å². The number of fused-ring (bicyclic) bond motifs is 1. The molecule has 264 valence electrons. The molecule has 0 aliphatic carbocycles. The minimum atomic E-state index is -3.78. The maximum absolute atomic E-state index is 13.5. The van der Waals surface area contributed by atoms with Crippen LogP contribution in [0.4, 0.5) is 10.6 Å². The minimum Gasteiger partial charge on any atom is -0.435 e. The molecule has 2 heterocycles. The molecule has 2 N–H and O–H groups in total. The van der Waals surface area contributed by atoms with Gasteiger partial charge in [-0.1, -0.05) is 102 Å². The molecule has 2 rings (SSSR count). The van der Waals surface area contributed by atoms with E-state index in [1.807, 2.05) is 6.92 Å². The van der Waals surface area contributed by atoms with Gasteiger partial charge < -0.3 is 29.0 Å². The lowest BCUT2D eigenvalue weighted by atomic mass is 10.0. The van der Waals surface area contributed by atoms with E-state index < -0.39 is 26.6 Å². The molecule has 0 aliphatic heterocycles. The average Bonchev–Trinajstić information content (AvgIpc) is 3.44. The van der Waals surface area contributed by atoms with Gasteiger partial charge in [0.15, 0.2) is 11.5 Å². The number of hydrogen-bond acceptors (Lipinski definition) is 12. The number of carbonyl (C=O) groups excluding carboxylic acids is 1. The van der Waals surface area contributed by atoms with E-state index in [2.05, 4.69) is 21.9 Å². The second-order valence-corrected chi connectivity index (χ2v) is 16.5. The Labute approximate surface area is 282 Å². The highest BCUT2D eigenvalue weighted by molar-refractivity contribution is 8.28. The predicted molar refractivity (Wildman–Crippen MR) is 188 cm³/mol. The first kappa shape index (κ1) is 40.5. The van der Waals surface area contributed by atoms with Gasteiger partial charge in [0.2, 0.25) is 6.79 Å². The molecule has 2 aromatic heterocycles. The topological polar surface area (TPSA) is 150 Å². The lowest BCUT2D eigenvalue weighted by Gasteiger charge is -2.21. The van der Waals surface area contributed by atoms with Crippen molar-refractivity contribution in [3.05, 3.63) is 12.7 Å². The Balaban J connectivity index is 1.66. The van der Waals surface area contributed by atoms with Crippen LogP contribution in [0.3, 0.4) is 0 Å². The first-order valence-corrected chi connectivity index (χ1v) is 21.0. The maximum atomic E-state index is 13.5. The van der Waals surface area contributed by atoms with Crippen molar-refractivity contribution in [2.45, 2.75) is 123 Å². The molecule has 2 aromatic rings. The van der Waals surface area contributed by atoms with Gasteiger partial charge in [-0.2, -0.15) is 0 Å². The average molecular weight is 706 g/mol. The van der Waals surface area contributed by atoms with E-state index in [1.54, 1.807) is 17.8 Å². The fourth-order valence-corrected chi connectivity index (χ4v) is 7.76. The number of rotatable bonds is 28. The molecule has 0 saturated heterocycles. The Hall–Kier alpha value is -1.70. The predicted octanol–water partition coefficient (Wildman–Crippen LogP) is 7.69. The summed E-state index contributed by atoms with van der Waals surface area (Å²) in [5.41, 5.74) is 6.94. The maximum Gasteiger partial charge on any atom is 0.510 e. The highest BCUT2D eigenvalue weighted by Crippen LogP contribution is 2.48. The summed E-state index contributed by atoms with van der Waals surface area (Å²) in [4.78, 5) is 24.0. The van der Waals surface area contributed by atoms with Crippen LogP contribution in [-0.2, 0) is 55.0 Å². The number of anilines is 1. The van der Waals surface area contributed by atoms with Gasteiger partial charge in [0.1, 0.15) is 18.2 Å². The third-order valence-electron chi connectivity index (χ3n) is 7.41. The lowest BCUT2D eigenvalue weighted by molar-refractivity contribution is -0.00596. The van der Waals surface area contributed by atoms with Crippen molar-refractivity contribution in [1.82, 2.24) is 19.5 Å². The normalized spacial score (nSPS) is 14.2. The third kappa shape index (κ3) is 17.5. The summed E-state index contributed by atoms with van der Waals surface area (Å²) >= 11 is 5.66. The van der Waals surface area contributed by atoms with Crippen LogP contribution < -0.4 is 5.73 Å². The van der Waals surface area contributed by atoms with Crippen molar-refractivity contribution in [1.29, 1.82) is 0 Å². The van der Waals surface area contributed by atoms with E-state index in [0.29, 0.717) is 23.5 Å². The fourth-order valence-electron chi connectivity index (χ4n) is 4.84. The van der Waals surface area contributed by atoms with Crippen molar-refractivity contribution < 1.29 is 32.6 Å². The highest BCUT2D eigenvalue weighted by atomic mass is 32.8. The van der Waals surface area contributed by atoms with E-state index in [0.717, 1.165) is 12.2 Å². The monoisotopic (exact) mass is 705 g/mol. The largest absolute Gasteiger partial charge is 0.510 e. The van der Waals surface area contributed by atoms with Crippen molar-refractivity contribution >= 4 is 51.4 Å². The quantitative estimate of drug-likeness (QED) is 0.0400. The summed E-state index contributed by atoms with van der Waals surface area (Å²) in [6.45, 7) is 5.80. The van der Waals surface area contributed by atoms with Gasteiger partial charge in [-0.15, -0.1) is 9.45 Å². The number of imidazole rings is 1. The Morgan fingerprint density at radius 3 is 2.17 bits per heavy atom. The van der Waals surface area contributed by atoms with Crippen molar-refractivity contribution in [2.75, 3.05) is 43.6 Å². The summed E-state index contributed by atoms with van der Waals surface area (Å²) in [6, 6.07) is 0. The van der Waals surface area contributed by atoms with Crippen LogP contribution in [-0.4, -0.2) is 69.6 Å². The number of ether oxygens (including phenoxy) is 3. The molecule has 2 unspecified atom stereocenters. The molecule has 15 heteroatoms. The van der Waals surface area contributed by atoms with Crippen LogP contribution in [0, 0.1) is 0 Å². The molecule has 0 saturated carbocycles. The first-order chi connectivity index (χ1) is 22.3. The molecule has 3 atom stereocenters. The lowest BCUT2D eigenvalue weighted by Crippen LogP contribution is -2.19. The van der Waals surface area contributed by atoms with Gasteiger partial charge in [0.25, 0.3) is 0 Å². The number of aromatic nitrogens is 4. The zero-order valence-electron chi connectivity index (χ0n) is 28.1. The molecule has 0 fully saturated rings. The zero-order valence-corrected chi connectivity index (χ0v) is 30.6. The van der Waals surface area contributed by atoms with Crippen LogP contribution in [0.2, 0.25) is 0 Å². The summed E-state index contributed by atoms with van der Waals surface area (Å²) in [7, 11) is -4.06. The molecule has 12 nitrogen and oxygen atoms in total. The Morgan fingerprint density at radius 2 is 1.54 bits per heavy atom. The van der Waals surface area contributed by atoms with Crippen molar-refractivity contribution in [3.8, 4) is 0 Å². The minimum absolute atomic E-state index is 0.146. The molecule has 0 spiro atoms. The number of carbonyl (C=O) groups is 1. The molecule has 0 aromatic carbocycles. The van der Waals surface area contributed by atoms with Crippen LogP contribution in [0.1, 0.15) is 111 Å². The summed E-state index contributed by atoms with van der Waals surface area (Å²) in [5, 5.41) is 0. The number of nitrogens with two attached hydrogens (primary N) is 1. The summed E-state index contributed by atoms with van der Waals surface area (Å²) in [5.74, 6) is 1.81. The van der Waals surface area contributed by atoms with Crippen LogP contribution in [0.5, 0.6) is 0 Å². The Kier molecular flexibility index (Phi) is 21.5. The van der Waals surface area contributed by atoms with Crippen molar-refractivity contribution in [3.63, 3.8) is 0 Å². The number of hydrogen-bond donors (Lipinski definition) is 1. The Morgan fingerprint density at radius 1 is 0.913 bits per heavy atom. The molecular formula is C31H56N5O7PS2. The number of nitrogens with zero attached hydrogens (tertiary/aromatic N) is 4. The third-order valence-corrected chi connectivity index (χ3v) is 11.3. The zero-order chi connectivity index (χ0) is 33.5. The SMILES string of the molecule is CCCCCCCCCCCCCCCCS(=S)CCOP(=O)(CO[C@H](C)Cn1cnc2c(N)ncnc21)OCOC(=O)OCC. The second kappa shape index (κ2) is 24.4. The number of nitrogen functional groups attached to an aromatic ring is 1. The van der Waals surface area contributed by atoms with E-state index in [1.165, 1.54) is 89.8 Å². The molecule has 0 aliphatic rings. The molecule has 0 bridgehead atoms. The molecule has 46 heavy (non-hydrogen) atoms. The molecular weight excluding hydrogens is 649 g/mol. The number of unbranched alkanes of at least 4 members (excludes halogenated alkanes) is 13. The van der Waals surface area contributed by atoms with E-state index in [9.17, 15) is 9.36 Å². The van der Waals surface area contributed by atoms with Crippen LogP contribution in [0.15, 0.2) is 12.7 Å². The van der Waals surface area contributed by atoms with Gasteiger partial charge in [0.05, 0.1) is 32.2 Å².